The van der Waals surface area contributed by atoms with Gasteiger partial charge in [0.1, 0.15) is 5.75 Å². The van der Waals surface area contributed by atoms with Crippen LogP contribution in [0.2, 0.25) is 0 Å². The molecule has 1 N–H and O–H groups in total. The number of hydrogen-bond donors (Lipinski definition) is 1. The highest BCUT2D eigenvalue weighted by atomic mass is 16.3. The Balaban J connectivity index is 1.64. The number of anilines is 5. The van der Waals surface area contributed by atoms with Crippen LogP contribution in [-0.2, 0) is 6.42 Å². The lowest BCUT2D eigenvalue weighted by atomic mass is 10.0. The molecule has 0 fully saturated rings. The van der Waals surface area contributed by atoms with Crippen LogP contribution >= 0.6 is 0 Å². The van der Waals surface area contributed by atoms with E-state index in [1.165, 1.54) is 11.3 Å². The number of fused-ring (bicyclic) bond motifs is 1. The van der Waals surface area contributed by atoms with Gasteiger partial charge in [-0.1, -0.05) is 54.6 Å². The van der Waals surface area contributed by atoms with Crippen LogP contribution in [0.4, 0.5) is 28.4 Å². The number of hydrogen-bond acceptors (Lipinski definition) is 3. The summed E-state index contributed by atoms with van der Waals surface area (Å²) in [6.45, 7) is 0.941. The first kappa shape index (κ1) is 18.3. The fourth-order valence-electron chi connectivity index (χ4n) is 4.27. The molecule has 4 aromatic carbocycles. The van der Waals surface area contributed by atoms with Crippen molar-refractivity contribution in [2.45, 2.75) is 12.8 Å². The van der Waals surface area contributed by atoms with Gasteiger partial charge >= 0.3 is 0 Å². The van der Waals surface area contributed by atoms with Crippen molar-refractivity contribution in [2.24, 2.45) is 0 Å². The van der Waals surface area contributed by atoms with Gasteiger partial charge in [0.05, 0.1) is 5.69 Å². The van der Waals surface area contributed by atoms with Crippen LogP contribution in [0.1, 0.15) is 12.0 Å². The molecule has 0 unspecified atom stereocenters. The highest BCUT2D eigenvalue weighted by Crippen LogP contribution is 2.41. The maximum absolute atomic E-state index is 10.7. The summed E-state index contributed by atoms with van der Waals surface area (Å²) in [4.78, 5) is 4.50. The van der Waals surface area contributed by atoms with E-state index in [0.29, 0.717) is 0 Å². The summed E-state index contributed by atoms with van der Waals surface area (Å²) in [7, 11) is 0. The third kappa shape index (κ3) is 3.50. The van der Waals surface area contributed by atoms with Gasteiger partial charge in [-0.2, -0.15) is 0 Å². The Morgan fingerprint density at radius 1 is 0.667 bits per heavy atom. The molecule has 3 heteroatoms. The standard InChI is InChI=1S/C27H24N2O/c30-26-19-24(28-17-9-11-21-10-7-8-16-27(21)28)18-25(20-26)29(22-12-3-1-4-13-22)23-14-5-2-6-15-23/h1-8,10,12-16,18-20,30H,9,11,17H2. The van der Waals surface area contributed by atoms with Gasteiger partial charge < -0.3 is 14.9 Å². The monoisotopic (exact) mass is 392 g/mol. The number of para-hydroxylation sites is 3. The molecule has 0 radical (unpaired) electrons. The number of phenols is 1. The van der Waals surface area contributed by atoms with Crippen molar-refractivity contribution in [3.63, 3.8) is 0 Å². The number of rotatable bonds is 4. The smallest absolute Gasteiger partial charge is 0.119 e. The molecule has 5 rings (SSSR count). The molecule has 0 spiro atoms. The predicted octanol–water partition coefficient (Wildman–Crippen LogP) is 6.95. The molecule has 148 valence electrons. The molecule has 1 heterocycles. The highest BCUT2D eigenvalue weighted by Gasteiger charge is 2.20. The summed E-state index contributed by atoms with van der Waals surface area (Å²) in [5.41, 5.74) is 6.64. The molecular formula is C27H24N2O. The summed E-state index contributed by atoms with van der Waals surface area (Å²) in [6.07, 6.45) is 2.20. The molecule has 4 aromatic rings. The Morgan fingerprint density at radius 2 is 1.30 bits per heavy atom. The molecule has 3 nitrogen and oxygen atoms in total. The number of benzene rings is 4. The summed E-state index contributed by atoms with van der Waals surface area (Å²) >= 11 is 0. The van der Waals surface area contributed by atoms with Gasteiger partial charge in [-0.25, -0.2) is 0 Å². The Labute approximate surface area is 177 Å². The topological polar surface area (TPSA) is 26.7 Å². The summed E-state index contributed by atoms with van der Waals surface area (Å²) in [5.74, 6) is 0.266. The Bertz CT molecular complexity index is 1100. The second-order valence-electron chi connectivity index (χ2n) is 7.60. The molecule has 1 aliphatic heterocycles. The molecule has 0 bridgehead atoms. The maximum atomic E-state index is 10.7. The highest BCUT2D eigenvalue weighted by molar-refractivity contribution is 5.81. The van der Waals surface area contributed by atoms with E-state index in [9.17, 15) is 5.11 Å². The molecule has 0 aromatic heterocycles. The third-order valence-corrected chi connectivity index (χ3v) is 5.60. The summed E-state index contributed by atoms with van der Waals surface area (Å²) < 4.78 is 0. The van der Waals surface area contributed by atoms with E-state index in [1.54, 1.807) is 0 Å². The number of nitrogens with zero attached hydrogens (tertiary/aromatic N) is 2. The number of aryl methyl sites for hydroxylation is 1. The molecule has 0 atom stereocenters. The predicted molar refractivity (Wildman–Crippen MR) is 125 cm³/mol. The van der Waals surface area contributed by atoms with Crippen LogP contribution < -0.4 is 9.80 Å². The van der Waals surface area contributed by atoms with Gasteiger partial charge in [-0.3, -0.25) is 0 Å². The first-order valence-corrected chi connectivity index (χ1v) is 10.4. The number of phenolic OH excluding ortho intramolecular Hbond substituents is 1. The molecule has 1 aliphatic rings. The lowest BCUT2D eigenvalue weighted by molar-refractivity contribution is 0.475. The molecule has 0 aliphatic carbocycles. The zero-order valence-electron chi connectivity index (χ0n) is 16.8. The molecule has 30 heavy (non-hydrogen) atoms. The van der Waals surface area contributed by atoms with E-state index in [0.717, 1.165) is 42.1 Å². The van der Waals surface area contributed by atoms with E-state index in [1.807, 2.05) is 48.5 Å². The lowest BCUT2D eigenvalue weighted by Gasteiger charge is -2.33. The zero-order valence-corrected chi connectivity index (χ0v) is 16.8. The fourth-order valence-corrected chi connectivity index (χ4v) is 4.27. The third-order valence-electron chi connectivity index (χ3n) is 5.60. The Morgan fingerprint density at radius 3 is 2.00 bits per heavy atom. The van der Waals surface area contributed by atoms with Crippen LogP contribution in [0.3, 0.4) is 0 Å². The van der Waals surface area contributed by atoms with Crippen LogP contribution in [-0.4, -0.2) is 11.7 Å². The minimum absolute atomic E-state index is 0.266. The van der Waals surface area contributed by atoms with E-state index in [4.69, 9.17) is 0 Å². The van der Waals surface area contributed by atoms with Gasteiger partial charge in [0.15, 0.2) is 0 Å². The van der Waals surface area contributed by atoms with Gasteiger partial charge in [0, 0.05) is 41.4 Å². The average Bonchev–Trinajstić information content (AvgIpc) is 2.80. The second-order valence-corrected chi connectivity index (χ2v) is 7.60. The van der Waals surface area contributed by atoms with Crippen LogP contribution in [0.15, 0.2) is 103 Å². The van der Waals surface area contributed by atoms with Gasteiger partial charge in [-0.05, 0) is 54.8 Å². The van der Waals surface area contributed by atoms with E-state index in [2.05, 4.69) is 64.4 Å². The minimum atomic E-state index is 0.266. The molecule has 0 amide bonds. The van der Waals surface area contributed by atoms with Crippen LogP contribution in [0, 0.1) is 0 Å². The largest absolute Gasteiger partial charge is 0.508 e. The fraction of sp³-hybridized carbons (Fsp3) is 0.111. The van der Waals surface area contributed by atoms with E-state index in [-0.39, 0.29) is 5.75 Å². The van der Waals surface area contributed by atoms with Gasteiger partial charge in [0.2, 0.25) is 0 Å². The van der Waals surface area contributed by atoms with Crippen molar-refractivity contribution in [2.75, 3.05) is 16.3 Å². The Kier molecular flexibility index (Phi) is 4.86. The van der Waals surface area contributed by atoms with Crippen molar-refractivity contribution >= 4 is 28.4 Å². The summed E-state index contributed by atoms with van der Waals surface area (Å²) in [6, 6.07) is 35.0. The first-order valence-electron chi connectivity index (χ1n) is 10.4. The normalized spacial score (nSPS) is 13.0. The first-order chi connectivity index (χ1) is 14.8. The maximum Gasteiger partial charge on any atom is 0.119 e. The zero-order chi connectivity index (χ0) is 20.3. The van der Waals surface area contributed by atoms with Crippen molar-refractivity contribution in [3.8, 4) is 5.75 Å². The lowest BCUT2D eigenvalue weighted by Crippen LogP contribution is -2.24. The Hall–Kier alpha value is -3.72. The van der Waals surface area contributed by atoms with E-state index < -0.39 is 0 Å². The number of aromatic hydroxyl groups is 1. The minimum Gasteiger partial charge on any atom is -0.508 e. The van der Waals surface area contributed by atoms with Crippen LogP contribution in [0.25, 0.3) is 0 Å². The molecule has 0 saturated carbocycles. The summed E-state index contributed by atoms with van der Waals surface area (Å²) in [5, 5.41) is 10.7. The molecule has 0 saturated heterocycles. The van der Waals surface area contributed by atoms with Gasteiger partial charge in [-0.15, -0.1) is 0 Å². The molecular weight excluding hydrogens is 368 g/mol. The van der Waals surface area contributed by atoms with Crippen molar-refractivity contribution in [1.82, 2.24) is 0 Å². The second kappa shape index (κ2) is 7.96. The van der Waals surface area contributed by atoms with Crippen molar-refractivity contribution in [3.05, 3.63) is 109 Å². The van der Waals surface area contributed by atoms with Crippen LogP contribution in [0.5, 0.6) is 5.75 Å². The average molecular weight is 393 g/mol. The quantitative estimate of drug-likeness (QED) is 0.407. The van der Waals surface area contributed by atoms with Crippen molar-refractivity contribution in [1.29, 1.82) is 0 Å². The van der Waals surface area contributed by atoms with E-state index >= 15 is 0 Å². The SMILES string of the molecule is Oc1cc(N2CCCc3ccccc32)cc(N(c2ccccc2)c2ccccc2)c1. The van der Waals surface area contributed by atoms with Crippen molar-refractivity contribution < 1.29 is 5.11 Å². The van der Waals surface area contributed by atoms with Gasteiger partial charge in [0.25, 0.3) is 0 Å².